The lowest BCUT2D eigenvalue weighted by Crippen LogP contribution is -2.72. The molecule has 0 bridgehead atoms. The van der Waals surface area contributed by atoms with Crippen LogP contribution in [-0.4, -0.2) is 17.2 Å². The smallest absolute Gasteiger partial charge is 0.180 e. The van der Waals surface area contributed by atoms with E-state index in [-0.39, 0.29) is 0 Å². The van der Waals surface area contributed by atoms with Gasteiger partial charge < -0.3 is 9.13 Å². The minimum Gasteiger partial charge on any atom is -0.309 e. The molecular weight excluding hydrogens is 1280 g/mol. The molecule has 3 heteroatoms. The Bertz CT molecular complexity index is 6230. The van der Waals surface area contributed by atoms with Crippen molar-refractivity contribution in [2.45, 2.75) is 0 Å². The van der Waals surface area contributed by atoms with Crippen LogP contribution < -0.4 is 20.7 Å². The highest BCUT2D eigenvalue weighted by atomic mass is 28.3. The Kier molecular flexibility index (Phi) is 15.0. The number of aromatic nitrogens is 2. The quantitative estimate of drug-likeness (QED) is 0.102. The summed E-state index contributed by atoms with van der Waals surface area (Å²) in [6.45, 7) is 0. The van der Waals surface area contributed by atoms with Crippen LogP contribution in [0.2, 0.25) is 0 Å². The van der Waals surface area contributed by atoms with E-state index in [1.54, 1.807) is 0 Å². The minimum atomic E-state index is -2.99. The van der Waals surface area contributed by atoms with Crippen LogP contribution in [0.4, 0.5) is 0 Å². The third-order valence-corrected chi connectivity index (χ3v) is 27.0. The molecule has 19 aromatic rings. The zero-order valence-electron chi connectivity index (χ0n) is 57.7. The first kappa shape index (κ1) is 61.4. The number of hydrogen-bond acceptors (Lipinski definition) is 0. The van der Waals surface area contributed by atoms with Gasteiger partial charge in [0.15, 0.2) is 8.07 Å². The first-order valence-electron chi connectivity index (χ1n) is 36.4. The van der Waals surface area contributed by atoms with Crippen molar-refractivity contribution in [3.05, 3.63) is 413 Å². The van der Waals surface area contributed by atoms with Crippen LogP contribution in [0, 0.1) is 0 Å². The standard InChI is InChI=1S/C102H68N2Si/c1-7-29-69(30-8-1)81-41-19-23-45-85(81)73-51-57-97-90(63-73)91-64-74(86-46-24-20-42-82(86)70-31-9-2-10-32-70)52-58-98(91)103(97)78-56-62-102-95(68-78)94-67-77(55-61-101(94)105(102,79-37-15-5-16-38-79)80-39-17-6-18-40-80)89-49-27-28-50-96(89)104-99-59-53-75(87-47-25-21-43-83(87)71-33-11-3-12-34-71)65-92(99)93-66-76(54-60-100(93)104)88-48-26-22-44-84(88)72-35-13-4-14-36-72/h1-68H. The first-order valence-corrected chi connectivity index (χ1v) is 38.4. The fourth-order valence-corrected chi connectivity index (χ4v) is 22.5. The molecule has 0 saturated carbocycles. The highest BCUT2D eigenvalue weighted by Crippen LogP contribution is 2.46. The molecule has 0 spiro atoms. The van der Waals surface area contributed by atoms with E-state index in [1.165, 1.54) is 142 Å². The molecule has 2 aromatic heterocycles. The molecule has 20 rings (SSSR count). The molecule has 1 aliphatic rings. The lowest BCUT2D eigenvalue weighted by Gasteiger charge is -2.31. The van der Waals surface area contributed by atoms with Crippen LogP contribution in [0.1, 0.15) is 0 Å². The Hall–Kier alpha value is -13.4. The van der Waals surface area contributed by atoms with E-state index in [2.05, 4.69) is 422 Å². The number of hydrogen-bond donors (Lipinski definition) is 0. The summed E-state index contributed by atoms with van der Waals surface area (Å²) in [4.78, 5) is 0. The summed E-state index contributed by atoms with van der Waals surface area (Å²) in [6, 6.07) is 154. The van der Waals surface area contributed by atoms with Crippen molar-refractivity contribution in [3.8, 4) is 123 Å². The Balaban J connectivity index is 0.800. The normalized spacial score (nSPS) is 12.3. The van der Waals surface area contributed by atoms with E-state index in [0.29, 0.717) is 0 Å². The van der Waals surface area contributed by atoms with Gasteiger partial charge in [-0.15, -0.1) is 0 Å². The van der Waals surface area contributed by atoms with Gasteiger partial charge in [-0.3, -0.25) is 0 Å². The van der Waals surface area contributed by atoms with Crippen LogP contribution >= 0.6 is 0 Å². The molecule has 0 radical (unpaired) electrons. The van der Waals surface area contributed by atoms with Gasteiger partial charge in [-0.1, -0.05) is 340 Å². The van der Waals surface area contributed by atoms with Gasteiger partial charge in [-0.2, -0.15) is 0 Å². The van der Waals surface area contributed by atoms with E-state index in [9.17, 15) is 0 Å². The predicted molar refractivity (Wildman–Crippen MR) is 447 cm³/mol. The molecular formula is C102H68N2Si. The van der Waals surface area contributed by atoms with E-state index in [0.717, 1.165) is 44.6 Å². The van der Waals surface area contributed by atoms with Crippen molar-refractivity contribution < 1.29 is 0 Å². The number of para-hydroxylation sites is 1. The molecule has 0 saturated heterocycles. The third kappa shape index (κ3) is 10.2. The van der Waals surface area contributed by atoms with Gasteiger partial charge >= 0.3 is 0 Å². The Morgan fingerprint density at radius 3 is 0.771 bits per heavy atom. The van der Waals surface area contributed by atoms with Gasteiger partial charge in [0.2, 0.25) is 0 Å². The summed E-state index contributed by atoms with van der Waals surface area (Å²) >= 11 is 0. The second-order valence-corrected chi connectivity index (χ2v) is 31.5. The van der Waals surface area contributed by atoms with Gasteiger partial charge in [0.05, 0.1) is 27.8 Å². The monoisotopic (exact) mass is 1350 g/mol. The molecule has 3 heterocycles. The molecule has 105 heavy (non-hydrogen) atoms. The van der Waals surface area contributed by atoms with Crippen molar-refractivity contribution in [2.75, 3.05) is 0 Å². The maximum absolute atomic E-state index is 2.99. The predicted octanol–water partition coefficient (Wildman–Crippen LogP) is 24.2. The first-order chi connectivity index (χ1) is 52.1. The maximum atomic E-state index is 2.54. The number of fused-ring (bicyclic) bond motifs is 9. The second kappa shape index (κ2) is 25.6. The van der Waals surface area contributed by atoms with Gasteiger partial charge in [-0.05, 0) is 199 Å². The minimum absolute atomic E-state index is 1.12. The lowest BCUT2D eigenvalue weighted by atomic mass is 9.92. The second-order valence-electron chi connectivity index (χ2n) is 27.7. The number of benzene rings is 17. The molecule has 1 aliphatic heterocycles. The highest BCUT2D eigenvalue weighted by molar-refractivity contribution is 7.22. The molecule has 0 fully saturated rings. The third-order valence-electron chi connectivity index (χ3n) is 22.1. The van der Waals surface area contributed by atoms with Crippen molar-refractivity contribution in [3.63, 3.8) is 0 Å². The molecule has 0 N–H and O–H groups in total. The van der Waals surface area contributed by atoms with Gasteiger partial charge in [-0.25, -0.2) is 0 Å². The fraction of sp³-hybridized carbons (Fsp3) is 0. The summed E-state index contributed by atoms with van der Waals surface area (Å²) in [7, 11) is -2.99. The summed E-state index contributed by atoms with van der Waals surface area (Å²) < 4.78 is 5.07. The lowest BCUT2D eigenvalue weighted by molar-refractivity contribution is 1.18. The highest BCUT2D eigenvalue weighted by Gasteiger charge is 2.49. The SMILES string of the molecule is c1ccc(-c2ccccc2-c2ccc3c(c2)c2cc(-c4ccccc4-c4ccccc4)ccc2n3-c2ccc3c(c2)-c2cc(-c4ccccc4-n4c5ccc(-c6ccccc6-c6ccccc6)cc5c5cc(-c6ccccc6-c6ccccc6)ccc54)ccc2[Si]3(c2ccccc2)c2ccccc2)cc1. The van der Waals surface area contributed by atoms with Gasteiger partial charge in [0.1, 0.15) is 0 Å². The summed E-state index contributed by atoms with van der Waals surface area (Å²) in [6.07, 6.45) is 0. The zero-order valence-corrected chi connectivity index (χ0v) is 58.7. The molecule has 490 valence electrons. The van der Waals surface area contributed by atoms with Crippen LogP contribution in [0.25, 0.3) is 166 Å². The summed E-state index contributed by atoms with van der Waals surface area (Å²) in [5, 5.41) is 10.3. The topological polar surface area (TPSA) is 9.86 Å². The largest absolute Gasteiger partial charge is 0.309 e. The molecule has 0 unspecified atom stereocenters. The van der Waals surface area contributed by atoms with E-state index >= 15 is 0 Å². The average molecular weight is 1350 g/mol. The van der Waals surface area contributed by atoms with Gasteiger partial charge in [0, 0.05) is 32.8 Å². The number of nitrogens with zero attached hydrogens (tertiary/aromatic N) is 2. The fourth-order valence-electron chi connectivity index (χ4n) is 17.4. The van der Waals surface area contributed by atoms with Crippen molar-refractivity contribution >= 4 is 72.4 Å². The van der Waals surface area contributed by atoms with Crippen molar-refractivity contribution in [2.24, 2.45) is 0 Å². The molecule has 0 atom stereocenters. The van der Waals surface area contributed by atoms with Crippen LogP contribution in [0.15, 0.2) is 413 Å². The Morgan fingerprint density at radius 1 is 0.162 bits per heavy atom. The molecule has 0 amide bonds. The van der Waals surface area contributed by atoms with E-state index < -0.39 is 8.07 Å². The Morgan fingerprint density at radius 2 is 0.419 bits per heavy atom. The molecule has 17 aromatic carbocycles. The van der Waals surface area contributed by atoms with Gasteiger partial charge in [0.25, 0.3) is 0 Å². The summed E-state index contributed by atoms with van der Waals surface area (Å²) in [5.74, 6) is 0. The van der Waals surface area contributed by atoms with E-state index in [4.69, 9.17) is 0 Å². The molecule has 2 nitrogen and oxygen atoms in total. The summed E-state index contributed by atoms with van der Waals surface area (Å²) in [5.41, 5.74) is 30.8. The zero-order chi connectivity index (χ0) is 69.4. The Labute approximate surface area is 612 Å². The average Bonchev–Trinajstić information content (AvgIpc) is 1.54. The molecule has 0 aliphatic carbocycles. The van der Waals surface area contributed by atoms with Crippen LogP contribution in [-0.2, 0) is 0 Å². The van der Waals surface area contributed by atoms with E-state index in [1.807, 2.05) is 0 Å². The van der Waals surface area contributed by atoms with Crippen molar-refractivity contribution in [1.82, 2.24) is 9.13 Å². The van der Waals surface area contributed by atoms with Crippen LogP contribution in [0.3, 0.4) is 0 Å². The maximum Gasteiger partial charge on any atom is 0.180 e. The number of rotatable bonds is 13. The van der Waals surface area contributed by atoms with Crippen molar-refractivity contribution in [1.29, 1.82) is 0 Å². The van der Waals surface area contributed by atoms with Crippen LogP contribution in [0.5, 0.6) is 0 Å².